The fraction of sp³-hybridized carbons (Fsp3) is 0.733. The molecule has 0 aliphatic carbocycles. The molecule has 3 N–H and O–H groups in total. The maximum absolute atomic E-state index is 9.90. The number of hydrogen-bond acceptors (Lipinski definition) is 5. The van der Waals surface area contributed by atoms with E-state index >= 15 is 0 Å². The summed E-state index contributed by atoms with van der Waals surface area (Å²) < 4.78 is 0. The molecule has 0 amide bonds. The Morgan fingerprint density at radius 3 is 2.35 bits per heavy atom. The second kappa shape index (κ2) is 8.74. The van der Waals surface area contributed by atoms with Crippen molar-refractivity contribution in [1.29, 1.82) is 0 Å². The summed E-state index contributed by atoms with van der Waals surface area (Å²) in [6.45, 7) is 9.79. The Labute approximate surface area is 122 Å². The Kier molecular flexibility index (Phi) is 7.30. The first-order chi connectivity index (χ1) is 9.55. The molecule has 1 aromatic rings. The zero-order valence-corrected chi connectivity index (χ0v) is 13.1. The van der Waals surface area contributed by atoms with Gasteiger partial charge in [0, 0.05) is 25.6 Å². The van der Waals surface area contributed by atoms with Crippen LogP contribution in [0.2, 0.25) is 0 Å². The third kappa shape index (κ3) is 6.19. The molecule has 0 bridgehead atoms. The Bertz CT molecular complexity index is 395. The first-order valence-electron chi connectivity index (χ1n) is 7.58. The van der Waals surface area contributed by atoms with Crippen molar-refractivity contribution in [3.8, 4) is 0 Å². The standard InChI is InChI=1S/C15H28N4O/c1-5-7-16-14-9-15(19-13(6-2)18-14)17-10-12(20)8-11(3)4/h9,11-12,20H,5-8,10H2,1-4H3,(H2,16,17,18,19). The first kappa shape index (κ1) is 16.7. The van der Waals surface area contributed by atoms with Gasteiger partial charge in [0.15, 0.2) is 0 Å². The zero-order valence-electron chi connectivity index (χ0n) is 13.1. The summed E-state index contributed by atoms with van der Waals surface area (Å²) in [7, 11) is 0. The summed E-state index contributed by atoms with van der Waals surface area (Å²) in [5.74, 6) is 2.93. The lowest BCUT2D eigenvalue weighted by Crippen LogP contribution is -2.22. The van der Waals surface area contributed by atoms with Gasteiger partial charge in [-0.2, -0.15) is 0 Å². The lowest BCUT2D eigenvalue weighted by atomic mass is 10.1. The molecule has 1 rings (SSSR count). The number of nitrogens with one attached hydrogen (secondary N) is 2. The molecule has 0 saturated carbocycles. The number of hydrogen-bond donors (Lipinski definition) is 3. The van der Waals surface area contributed by atoms with Gasteiger partial charge in [0.05, 0.1) is 6.10 Å². The number of aliphatic hydroxyl groups excluding tert-OH is 1. The van der Waals surface area contributed by atoms with E-state index in [1.165, 1.54) is 0 Å². The number of nitrogens with zero attached hydrogens (tertiary/aromatic N) is 2. The van der Waals surface area contributed by atoms with Crippen LogP contribution < -0.4 is 10.6 Å². The monoisotopic (exact) mass is 280 g/mol. The fourth-order valence-corrected chi connectivity index (χ4v) is 1.94. The summed E-state index contributed by atoms with van der Waals surface area (Å²) in [5.41, 5.74) is 0. The molecule has 5 heteroatoms. The highest BCUT2D eigenvalue weighted by Gasteiger charge is 2.08. The minimum Gasteiger partial charge on any atom is -0.391 e. The predicted octanol–water partition coefficient (Wildman–Crippen LogP) is 2.68. The van der Waals surface area contributed by atoms with Crippen LogP contribution >= 0.6 is 0 Å². The largest absolute Gasteiger partial charge is 0.391 e. The summed E-state index contributed by atoms with van der Waals surface area (Å²) in [5, 5.41) is 16.4. The van der Waals surface area contributed by atoms with E-state index in [1.807, 2.05) is 13.0 Å². The molecule has 1 atom stereocenters. The van der Waals surface area contributed by atoms with Crippen LogP contribution in [0.25, 0.3) is 0 Å². The summed E-state index contributed by atoms with van der Waals surface area (Å²) in [4.78, 5) is 8.88. The highest BCUT2D eigenvalue weighted by Crippen LogP contribution is 2.13. The van der Waals surface area contributed by atoms with E-state index in [1.54, 1.807) is 0 Å². The molecule has 20 heavy (non-hydrogen) atoms. The van der Waals surface area contributed by atoms with Crippen molar-refractivity contribution in [2.75, 3.05) is 23.7 Å². The van der Waals surface area contributed by atoms with Crippen LogP contribution in [0.5, 0.6) is 0 Å². The van der Waals surface area contributed by atoms with E-state index in [4.69, 9.17) is 0 Å². The van der Waals surface area contributed by atoms with Crippen LogP contribution in [0, 0.1) is 5.92 Å². The minimum atomic E-state index is -0.345. The van der Waals surface area contributed by atoms with Gasteiger partial charge in [-0.15, -0.1) is 0 Å². The maximum Gasteiger partial charge on any atom is 0.132 e. The minimum absolute atomic E-state index is 0.345. The molecule has 0 aliphatic rings. The summed E-state index contributed by atoms with van der Waals surface area (Å²) in [6, 6.07) is 1.90. The molecule has 0 spiro atoms. The third-order valence-corrected chi connectivity index (χ3v) is 2.91. The number of rotatable bonds is 9. The highest BCUT2D eigenvalue weighted by atomic mass is 16.3. The van der Waals surface area contributed by atoms with Gasteiger partial charge in [0.25, 0.3) is 0 Å². The van der Waals surface area contributed by atoms with Crippen molar-refractivity contribution in [1.82, 2.24) is 9.97 Å². The van der Waals surface area contributed by atoms with Crippen molar-refractivity contribution < 1.29 is 5.11 Å². The van der Waals surface area contributed by atoms with E-state index < -0.39 is 0 Å². The number of anilines is 2. The van der Waals surface area contributed by atoms with Crippen molar-refractivity contribution in [2.24, 2.45) is 5.92 Å². The van der Waals surface area contributed by atoms with Crippen molar-refractivity contribution >= 4 is 11.6 Å². The molecule has 0 aromatic carbocycles. The van der Waals surface area contributed by atoms with Gasteiger partial charge in [-0.1, -0.05) is 27.7 Å². The molecular formula is C15H28N4O. The van der Waals surface area contributed by atoms with Gasteiger partial charge in [-0.05, 0) is 18.8 Å². The van der Waals surface area contributed by atoms with Gasteiger partial charge in [0.2, 0.25) is 0 Å². The van der Waals surface area contributed by atoms with Crippen molar-refractivity contribution in [2.45, 2.75) is 53.1 Å². The van der Waals surface area contributed by atoms with Gasteiger partial charge in [0.1, 0.15) is 17.5 Å². The predicted molar refractivity (Wildman–Crippen MR) is 84.1 cm³/mol. The van der Waals surface area contributed by atoms with E-state index in [-0.39, 0.29) is 6.10 Å². The quantitative estimate of drug-likeness (QED) is 0.649. The molecular weight excluding hydrogens is 252 g/mol. The lowest BCUT2D eigenvalue weighted by Gasteiger charge is -2.15. The molecule has 0 radical (unpaired) electrons. The Morgan fingerprint density at radius 2 is 1.80 bits per heavy atom. The summed E-state index contributed by atoms with van der Waals surface area (Å²) >= 11 is 0. The van der Waals surface area contributed by atoms with Gasteiger partial charge >= 0.3 is 0 Å². The molecule has 1 unspecified atom stereocenters. The normalized spacial score (nSPS) is 12.5. The lowest BCUT2D eigenvalue weighted by molar-refractivity contribution is 0.161. The van der Waals surface area contributed by atoms with Crippen LogP contribution in [-0.4, -0.2) is 34.3 Å². The number of aryl methyl sites for hydroxylation is 1. The first-order valence-corrected chi connectivity index (χ1v) is 7.58. The topological polar surface area (TPSA) is 70.1 Å². The van der Waals surface area contributed by atoms with Crippen LogP contribution in [0.4, 0.5) is 11.6 Å². The van der Waals surface area contributed by atoms with Crippen molar-refractivity contribution in [3.05, 3.63) is 11.9 Å². The average molecular weight is 280 g/mol. The Balaban J connectivity index is 2.63. The highest BCUT2D eigenvalue weighted by molar-refractivity contribution is 5.47. The van der Waals surface area contributed by atoms with Crippen LogP contribution in [-0.2, 0) is 6.42 Å². The molecule has 1 aromatic heterocycles. The van der Waals surface area contributed by atoms with E-state index in [0.29, 0.717) is 12.5 Å². The molecule has 0 aliphatic heterocycles. The summed E-state index contributed by atoms with van der Waals surface area (Å²) in [6.07, 6.45) is 2.30. The molecule has 5 nitrogen and oxygen atoms in total. The molecule has 114 valence electrons. The maximum atomic E-state index is 9.90. The molecule has 0 saturated heterocycles. The average Bonchev–Trinajstić information content (AvgIpc) is 2.42. The van der Waals surface area contributed by atoms with Crippen LogP contribution in [0.3, 0.4) is 0 Å². The number of aliphatic hydroxyl groups is 1. The molecule has 0 fully saturated rings. The molecule has 1 heterocycles. The zero-order chi connectivity index (χ0) is 15.0. The fourth-order valence-electron chi connectivity index (χ4n) is 1.94. The smallest absolute Gasteiger partial charge is 0.132 e. The SMILES string of the molecule is CCCNc1cc(NCC(O)CC(C)C)nc(CC)n1. The van der Waals surface area contributed by atoms with Crippen LogP contribution in [0.15, 0.2) is 6.07 Å². The Morgan fingerprint density at radius 1 is 1.15 bits per heavy atom. The van der Waals surface area contributed by atoms with Gasteiger partial charge < -0.3 is 15.7 Å². The van der Waals surface area contributed by atoms with Gasteiger partial charge in [-0.3, -0.25) is 0 Å². The van der Waals surface area contributed by atoms with E-state index in [9.17, 15) is 5.11 Å². The third-order valence-electron chi connectivity index (χ3n) is 2.91. The van der Waals surface area contributed by atoms with Gasteiger partial charge in [-0.25, -0.2) is 9.97 Å². The van der Waals surface area contributed by atoms with E-state index in [0.717, 1.165) is 43.3 Å². The number of aromatic nitrogens is 2. The van der Waals surface area contributed by atoms with Crippen LogP contribution in [0.1, 0.15) is 46.4 Å². The Hall–Kier alpha value is -1.36. The second-order valence-electron chi connectivity index (χ2n) is 5.50. The van der Waals surface area contributed by atoms with Crippen molar-refractivity contribution in [3.63, 3.8) is 0 Å². The second-order valence-corrected chi connectivity index (χ2v) is 5.50. The van der Waals surface area contributed by atoms with E-state index in [2.05, 4.69) is 41.4 Å².